The number of piperazine rings is 1. The Labute approximate surface area is 191 Å². The maximum absolute atomic E-state index is 12.8. The zero-order chi connectivity index (χ0) is 22.5. The van der Waals surface area contributed by atoms with E-state index in [2.05, 4.69) is 47.2 Å². The summed E-state index contributed by atoms with van der Waals surface area (Å²) in [6.45, 7) is 10.8. The summed E-state index contributed by atoms with van der Waals surface area (Å²) < 4.78 is 0. The van der Waals surface area contributed by atoms with E-state index in [1.807, 2.05) is 35.2 Å². The lowest BCUT2D eigenvalue weighted by atomic mass is 10.1. The molecule has 0 bridgehead atoms. The van der Waals surface area contributed by atoms with Gasteiger partial charge in [0.2, 0.25) is 11.8 Å². The average molecular weight is 435 g/mol. The van der Waals surface area contributed by atoms with Gasteiger partial charge in [-0.15, -0.1) is 0 Å². The Morgan fingerprint density at radius 3 is 2.50 bits per heavy atom. The van der Waals surface area contributed by atoms with E-state index in [9.17, 15) is 9.59 Å². The third-order valence-electron chi connectivity index (χ3n) is 6.72. The quantitative estimate of drug-likeness (QED) is 0.727. The first-order valence-corrected chi connectivity index (χ1v) is 11.7. The van der Waals surface area contributed by atoms with Crippen LogP contribution in [0.4, 0.5) is 11.4 Å². The first kappa shape index (κ1) is 22.3. The second kappa shape index (κ2) is 10.2. The van der Waals surface area contributed by atoms with Crippen LogP contribution < -0.4 is 10.2 Å². The fourth-order valence-electron chi connectivity index (χ4n) is 4.71. The minimum Gasteiger partial charge on any atom is -0.369 e. The van der Waals surface area contributed by atoms with E-state index in [1.165, 1.54) is 16.8 Å². The van der Waals surface area contributed by atoms with E-state index in [-0.39, 0.29) is 17.7 Å². The Kier molecular flexibility index (Phi) is 7.10. The van der Waals surface area contributed by atoms with Crippen LogP contribution >= 0.6 is 0 Å². The number of nitrogens with one attached hydrogen (secondary N) is 1. The van der Waals surface area contributed by atoms with Crippen molar-refractivity contribution < 1.29 is 9.59 Å². The largest absolute Gasteiger partial charge is 0.369 e. The van der Waals surface area contributed by atoms with Gasteiger partial charge in [-0.25, -0.2) is 0 Å². The molecule has 0 spiro atoms. The molecule has 0 unspecified atom stereocenters. The number of likely N-dealkylation sites (tertiary alicyclic amines) is 1. The van der Waals surface area contributed by atoms with Crippen LogP contribution in [0.3, 0.4) is 0 Å². The van der Waals surface area contributed by atoms with E-state index >= 15 is 0 Å². The fourth-order valence-corrected chi connectivity index (χ4v) is 4.71. The number of anilines is 2. The maximum Gasteiger partial charge on any atom is 0.229 e. The summed E-state index contributed by atoms with van der Waals surface area (Å²) in [5.74, 6) is -0.288. The van der Waals surface area contributed by atoms with Gasteiger partial charge in [-0.1, -0.05) is 37.3 Å². The molecule has 32 heavy (non-hydrogen) atoms. The maximum atomic E-state index is 12.8. The Balaban J connectivity index is 1.31. The summed E-state index contributed by atoms with van der Waals surface area (Å²) >= 11 is 0. The van der Waals surface area contributed by atoms with Crippen molar-refractivity contribution in [1.29, 1.82) is 0 Å². The molecule has 170 valence electrons. The van der Waals surface area contributed by atoms with E-state index < -0.39 is 0 Å². The molecule has 2 aromatic carbocycles. The lowest BCUT2D eigenvalue weighted by Crippen LogP contribution is -2.46. The van der Waals surface area contributed by atoms with Crippen molar-refractivity contribution in [2.45, 2.75) is 26.7 Å². The first-order valence-electron chi connectivity index (χ1n) is 11.7. The number of aryl methyl sites for hydroxylation is 1. The van der Waals surface area contributed by atoms with Crippen LogP contribution in [0.25, 0.3) is 0 Å². The van der Waals surface area contributed by atoms with Crippen molar-refractivity contribution in [1.82, 2.24) is 9.80 Å². The zero-order valence-electron chi connectivity index (χ0n) is 19.2. The summed E-state index contributed by atoms with van der Waals surface area (Å²) in [4.78, 5) is 32.0. The fraction of sp³-hybridized carbons (Fsp3) is 0.462. The minimum atomic E-state index is -0.291. The van der Waals surface area contributed by atoms with Gasteiger partial charge in [-0.3, -0.25) is 9.59 Å². The summed E-state index contributed by atoms with van der Waals surface area (Å²) in [5.41, 5.74) is 4.42. The molecule has 2 aliphatic heterocycles. The van der Waals surface area contributed by atoms with Crippen LogP contribution in [0.5, 0.6) is 0 Å². The van der Waals surface area contributed by atoms with Crippen molar-refractivity contribution in [2.75, 3.05) is 56.0 Å². The first-order chi connectivity index (χ1) is 15.5. The molecule has 0 aromatic heterocycles. The molecule has 1 N–H and O–H groups in total. The van der Waals surface area contributed by atoms with Gasteiger partial charge in [0.25, 0.3) is 0 Å². The number of nitrogens with zero attached hydrogens (tertiary/aromatic N) is 3. The molecule has 0 radical (unpaired) electrons. The molecule has 6 heteroatoms. The molecule has 6 nitrogen and oxygen atoms in total. The molecule has 2 heterocycles. The van der Waals surface area contributed by atoms with Gasteiger partial charge >= 0.3 is 0 Å². The molecule has 2 fully saturated rings. The normalized spacial score (nSPS) is 19.4. The number of rotatable bonds is 7. The number of hydrogen-bond donors (Lipinski definition) is 1. The topological polar surface area (TPSA) is 55.9 Å². The molecule has 4 rings (SSSR count). The van der Waals surface area contributed by atoms with E-state index in [0.29, 0.717) is 19.5 Å². The standard InChI is InChI=1S/C26H34N4O2/c1-3-28-13-15-29(16-14-28)24-10-9-23(17-20(24)2)27-26(32)22-18-25(31)30(19-22)12-11-21-7-5-4-6-8-21/h4-10,17,22H,3,11-16,18-19H2,1-2H3,(H,27,32)/t22-/m0/s1. The molecule has 2 amide bonds. The third-order valence-corrected chi connectivity index (χ3v) is 6.72. The van der Waals surface area contributed by atoms with Crippen LogP contribution in [-0.2, 0) is 16.0 Å². The zero-order valence-corrected chi connectivity index (χ0v) is 19.2. The lowest BCUT2D eigenvalue weighted by Gasteiger charge is -2.36. The molecular weight excluding hydrogens is 400 g/mol. The van der Waals surface area contributed by atoms with Crippen LogP contribution in [0.1, 0.15) is 24.5 Å². The molecule has 2 aromatic rings. The Bertz CT molecular complexity index is 938. The smallest absolute Gasteiger partial charge is 0.229 e. The molecule has 2 saturated heterocycles. The second-order valence-electron chi connectivity index (χ2n) is 8.89. The van der Waals surface area contributed by atoms with Crippen molar-refractivity contribution in [3.63, 3.8) is 0 Å². The third kappa shape index (κ3) is 5.30. The molecule has 0 saturated carbocycles. The van der Waals surface area contributed by atoms with Gasteiger partial charge in [0.15, 0.2) is 0 Å². The highest BCUT2D eigenvalue weighted by Crippen LogP contribution is 2.26. The van der Waals surface area contributed by atoms with Gasteiger partial charge in [-0.05, 0) is 49.2 Å². The van der Waals surface area contributed by atoms with Crippen LogP contribution in [-0.4, -0.2) is 67.4 Å². The van der Waals surface area contributed by atoms with E-state index in [1.54, 1.807) is 0 Å². The molecule has 0 aliphatic carbocycles. The van der Waals surface area contributed by atoms with Gasteiger partial charge in [0.1, 0.15) is 0 Å². The SMILES string of the molecule is CCN1CCN(c2ccc(NC(=O)[C@H]3CC(=O)N(CCc4ccccc4)C3)cc2C)CC1. The van der Waals surface area contributed by atoms with Gasteiger partial charge < -0.3 is 20.0 Å². The highest BCUT2D eigenvalue weighted by molar-refractivity contribution is 5.97. The van der Waals surface area contributed by atoms with E-state index in [4.69, 9.17) is 0 Å². The Hall–Kier alpha value is -2.86. The number of carbonyl (C=O) groups excluding carboxylic acids is 2. The average Bonchev–Trinajstić information content (AvgIpc) is 3.19. The van der Waals surface area contributed by atoms with Crippen molar-refractivity contribution in [3.8, 4) is 0 Å². The molecular formula is C26H34N4O2. The predicted molar refractivity (Wildman–Crippen MR) is 129 cm³/mol. The highest BCUT2D eigenvalue weighted by atomic mass is 16.2. The van der Waals surface area contributed by atoms with Crippen LogP contribution in [0, 0.1) is 12.8 Å². The molecule has 2 aliphatic rings. The van der Waals surface area contributed by atoms with Crippen LogP contribution in [0.2, 0.25) is 0 Å². The number of likely N-dealkylation sites (N-methyl/N-ethyl adjacent to an activating group) is 1. The number of carbonyl (C=O) groups is 2. The predicted octanol–water partition coefficient (Wildman–Crippen LogP) is 3.17. The number of amides is 2. The van der Waals surface area contributed by atoms with Gasteiger partial charge in [0, 0.05) is 57.1 Å². The summed E-state index contributed by atoms with van der Waals surface area (Å²) in [6.07, 6.45) is 1.10. The number of benzene rings is 2. The Morgan fingerprint density at radius 2 is 1.81 bits per heavy atom. The summed E-state index contributed by atoms with van der Waals surface area (Å²) in [5, 5.41) is 3.04. The van der Waals surface area contributed by atoms with Crippen LogP contribution in [0.15, 0.2) is 48.5 Å². The lowest BCUT2D eigenvalue weighted by molar-refractivity contribution is -0.128. The summed E-state index contributed by atoms with van der Waals surface area (Å²) in [6, 6.07) is 16.3. The minimum absolute atomic E-state index is 0.0655. The van der Waals surface area contributed by atoms with Gasteiger partial charge in [-0.2, -0.15) is 0 Å². The molecule has 1 atom stereocenters. The Morgan fingerprint density at radius 1 is 1.06 bits per heavy atom. The highest BCUT2D eigenvalue weighted by Gasteiger charge is 2.34. The van der Waals surface area contributed by atoms with Gasteiger partial charge in [0.05, 0.1) is 5.92 Å². The van der Waals surface area contributed by atoms with Crippen molar-refractivity contribution in [2.24, 2.45) is 5.92 Å². The van der Waals surface area contributed by atoms with Crippen molar-refractivity contribution >= 4 is 23.2 Å². The van der Waals surface area contributed by atoms with E-state index in [0.717, 1.165) is 44.8 Å². The monoisotopic (exact) mass is 434 g/mol. The number of hydrogen-bond acceptors (Lipinski definition) is 4. The summed E-state index contributed by atoms with van der Waals surface area (Å²) in [7, 11) is 0. The second-order valence-corrected chi connectivity index (χ2v) is 8.89. The van der Waals surface area contributed by atoms with Crippen molar-refractivity contribution in [3.05, 3.63) is 59.7 Å².